The Labute approximate surface area is 252 Å². The summed E-state index contributed by atoms with van der Waals surface area (Å²) in [5.41, 5.74) is 8.37. The molecule has 0 bridgehead atoms. The fraction of sp³-hybridized carbons (Fsp3) is 0. The van der Waals surface area contributed by atoms with Crippen molar-refractivity contribution in [2.45, 2.75) is 0 Å². The Kier molecular flexibility index (Phi) is 4.75. The molecule has 0 aliphatic rings. The van der Waals surface area contributed by atoms with E-state index in [1.165, 1.54) is 54.6 Å². The summed E-state index contributed by atoms with van der Waals surface area (Å²) in [5, 5.41) is 11.9. The Balaban J connectivity index is 1.29. The first kappa shape index (κ1) is 23.7. The normalized spacial score (nSPS) is 12.1. The van der Waals surface area contributed by atoms with E-state index in [0.29, 0.717) is 0 Å². The fourth-order valence-corrected chi connectivity index (χ4v) is 7.33. The lowest BCUT2D eigenvalue weighted by Crippen LogP contribution is -1.90. The SMILES string of the molecule is c1ccc(-c2c3ccccc3c(-c3ccc4oc5cc6oc7ccc8ccccc8c7c6cc5c4c3)c3ccccc23)cc1. The van der Waals surface area contributed by atoms with Gasteiger partial charge in [-0.15, -0.1) is 0 Å². The first-order chi connectivity index (χ1) is 21.8. The van der Waals surface area contributed by atoms with Crippen LogP contribution in [0.2, 0.25) is 0 Å². The Morgan fingerprint density at radius 1 is 0.295 bits per heavy atom. The van der Waals surface area contributed by atoms with Gasteiger partial charge in [-0.05, 0) is 78.8 Å². The second-order valence-corrected chi connectivity index (χ2v) is 11.6. The molecule has 0 aliphatic heterocycles. The van der Waals surface area contributed by atoms with Gasteiger partial charge in [-0.3, -0.25) is 0 Å². The Morgan fingerprint density at radius 2 is 0.841 bits per heavy atom. The maximum absolute atomic E-state index is 6.43. The maximum Gasteiger partial charge on any atom is 0.139 e. The smallest absolute Gasteiger partial charge is 0.139 e. The van der Waals surface area contributed by atoms with E-state index in [1.54, 1.807) is 0 Å². The summed E-state index contributed by atoms with van der Waals surface area (Å²) in [7, 11) is 0. The molecule has 204 valence electrons. The molecule has 0 saturated carbocycles. The number of furan rings is 2. The Bertz CT molecular complexity index is 2700. The molecule has 44 heavy (non-hydrogen) atoms. The lowest BCUT2D eigenvalue weighted by molar-refractivity contribution is 0.656. The van der Waals surface area contributed by atoms with Gasteiger partial charge in [0.1, 0.15) is 22.3 Å². The van der Waals surface area contributed by atoms with Crippen LogP contribution in [-0.2, 0) is 0 Å². The number of rotatable bonds is 2. The van der Waals surface area contributed by atoms with E-state index >= 15 is 0 Å². The quantitative estimate of drug-likeness (QED) is 0.197. The van der Waals surface area contributed by atoms with Gasteiger partial charge in [-0.25, -0.2) is 0 Å². The molecule has 0 radical (unpaired) electrons. The molecule has 2 heterocycles. The Hall–Kier alpha value is -5.86. The predicted octanol–water partition coefficient (Wildman–Crippen LogP) is 12.3. The molecule has 0 fully saturated rings. The highest BCUT2D eigenvalue weighted by molar-refractivity contribution is 6.24. The van der Waals surface area contributed by atoms with Crippen LogP contribution in [0, 0.1) is 0 Å². The van der Waals surface area contributed by atoms with Crippen LogP contribution in [0.15, 0.2) is 154 Å². The molecule has 0 atom stereocenters. The second kappa shape index (κ2) is 8.82. The highest BCUT2D eigenvalue weighted by Gasteiger charge is 2.19. The van der Waals surface area contributed by atoms with Gasteiger partial charge in [0.2, 0.25) is 0 Å². The van der Waals surface area contributed by atoms with Crippen molar-refractivity contribution >= 4 is 76.2 Å². The third kappa shape index (κ3) is 3.25. The van der Waals surface area contributed by atoms with E-state index in [4.69, 9.17) is 8.83 Å². The number of hydrogen-bond donors (Lipinski definition) is 0. The first-order valence-corrected chi connectivity index (χ1v) is 15.0. The third-order valence-corrected chi connectivity index (χ3v) is 9.23. The van der Waals surface area contributed by atoms with Crippen molar-refractivity contribution in [1.82, 2.24) is 0 Å². The van der Waals surface area contributed by atoms with Gasteiger partial charge in [0.15, 0.2) is 0 Å². The second-order valence-electron chi connectivity index (χ2n) is 11.6. The summed E-state index contributed by atoms with van der Waals surface area (Å²) < 4.78 is 12.8. The van der Waals surface area contributed by atoms with E-state index in [9.17, 15) is 0 Å². The van der Waals surface area contributed by atoms with E-state index in [1.807, 2.05) is 0 Å². The standard InChI is InChI=1S/C42H24O2/c1-2-11-26(12-3-1)40-29-14-6-8-16-31(29)41(32-17-9-7-15-30(32)40)27-19-20-36-33(22-27)34-23-35-39(24-38(34)43-36)44-37-21-18-25-10-4-5-13-28(25)42(35)37/h1-24H. The molecule has 2 aromatic heterocycles. The molecule has 2 nitrogen and oxygen atoms in total. The lowest BCUT2D eigenvalue weighted by atomic mass is 9.86. The molecule has 10 rings (SSSR count). The largest absolute Gasteiger partial charge is 0.456 e. The van der Waals surface area contributed by atoms with Crippen LogP contribution >= 0.6 is 0 Å². The van der Waals surface area contributed by atoms with Crippen LogP contribution in [0.4, 0.5) is 0 Å². The van der Waals surface area contributed by atoms with Crippen molar-refractivity contribution < 1.29 is 8.83 Å². The zero-order valence-electron chi connectivity index (χ0n) is 23.7. The van der Waals surface area contributed by atoms with Gasteiger partial charge in [-0.2, -0.15) is 0 Å². The van der Waals surface area contributed by atoms with Crippen LogP contribution in [0.1, 0.15) is 0 Å². The van der Waals surface area contributed by atoms with Crippen molar-refractivity contribution in [2.75, 3.05) is 0 Å². The minimum absolute atomic E-state index is 0.835. The summed E-state index contributed by atoms with van der Waals surface area (Å²) in [4.78, 5) is 0. The van der Waals surface area contributed by atoms with Crippen LogP contribution in [0.5, 0.6) is 0 Å². The van der Waals surface area contributed by atoms with Crippen LogP contribution < -0.4 is 0 Å². The van der Waals surface area contributed by atoms with Crippen molar-refractivity contribution in [1.29, 1.82) is 0 Å². The lowest BCUT2D eigenvalue weighted by Gasteiger charge is -2.17. The van der Waals surface area contributed by atoms with Gasteiger partial charge in [0.05, 0.1) is 0 Å². The summed E-state index contributed by atoms with van der Waals surface area (Å²) in [6.07, 6.45) is 0. The summed E-state index contributed by atoms with van der Waals surface area (Å²) in [6.45, 7) is 0. The fourth-order valence-electron chi connectivity index (χ4n) is 7.33. The van der Waals surface area contributed by atoms with E-state index in [2.05, 4.69) is 146 Å². The summed E-state index contributed by atoms with van der Waals surface area (Å²) in [6, 6.07) is 52.0. The van der Waals surface area contributed by atoms with Crippen LogP contribution in [0.25, 0.3) is 98.4 Å². The molecule has 0 spiro atoms. The minimum Gasteiger partial charge on any atom is -0.456 e. The molecule has 0 unspecified atom stereocenters. The van der Waals surface area contributed by atoms with E-state index in [0.717, 1.165) is 43.9 Å². The van der Waals surface area contributed by atoms with Gasteiger partial charge < -0.3 is 8.83 Å². The summed E-state index contributed by atoms with van der Waals surface area (Å²) >= 11 is 0. The molecule has 10 aromatic rings. The Morgan fingerprint density at radius 3 is 1.57 bits per heavy atom. The summed E-state index contributed by atoms with van der Waals surface area (Å²) in [5.74, 6) is 0. The average Bonchev–Trinajstić information content (AvgIpc) is 3.63. The van der Waals surface area contributed by atoms with E-state index < -0.39 is 0 Å². The number of hydrogen-bond acceptors (Lipinski definition) is 2. The minimum atomic E-state index is 0.835. The van der Waals surface area contributed by atoms with Crippen molar-refractivity contribution in [2.24, 2.45) is 0 Å². The predicted molar refractivity (Wildman–Crippen MR) is 184 cm³/mol. The molecule has 0 aliphatic carbocycles. The van der Waals surface area contributed by atoms with Crippen molar-refractivity contribution in [3.63, 3.8) is 0 Å². The average molecular weight is 561 g/mol. The van der Waals surface area contributed by atoms with Gasteiger partial charge in [0.25, 0.3) is 0 Å². The molecule has 2 heteroatoms. The molecule has 0 N–H and O–H groups in total. The highest BCUT2D eigenvalue weighted by atomic mass is 16.3. The maximum atomic E-state index is 6.43. The van der Waals surface area contributed by atoms with Gasteiger partial charge in [0, 0.05) is 27.6 Å². The zero-order valence-corrected chi connectivity index (χ0v) is 23.7. The molecule has 0 saturated heterocycles. The molecular weight excluding hydrogens is 536 g/mol. The monoisotopic (exact) mass is 560 g/mol. The number of benzene rings is 8. The first-order valence-electron chi connectivity index (χ1n) is 15.0. The molecule has 0 amide bonds. The zero-order chi connectivity index (χ0) is 28.8. The van der Waals surface area contributed by atoms with Crippen molar-refractivity contribution in [3.05, 3.63) is 146 Å². The molecular formula is C42H24O2. The highest BCUT2D eigenvalue weighted by Crippen LogP contribution is 2.45. The van der Waals surface area contributed by atoms with Crippen LogP contribution in [0.3, 0.4) is 0 Å². The number of fused-ring (bicyclic) bond motifs is 10. The van der Waals surface area contributed by atoms with Gasteiger partial charge in [-0.1, -0.05) is 115 Å². The van der Waals surface area contributed by atoms with E-state index in [-0.39, 0.29) is 0 Å². The third-order valence-electron chi connectivity index (χ3n) is 9.23. The molecule has 8 aromatic carbocycles. The van der Waals surface area contributed by atoms with Crippen LogP contribution in [-0.4, -0.2) is 0 Å². The van der Waals surface area contributed by atoms with Gasteiger partial charge >= 0.3 is 0 Å². The van der Waals surface area contributed by atoms with Crippen molar-refractivity contribution in [3.8, 4) is 22.3 Å². The topological polar surface area (TPSA) is 26.3 Å².